The van der Waals surface area contributed by atoms with Gasteiger partial charge in [0.1, 0.15) is 6.04 Å². The Kier molecular flexibility index (Phi) is 7.57. The summed E-state index contributed by atoms with van der Waals surface area (Å²) in [6.45, 7) is 5.37. The third-order valence-corrected chi connectivity index (χ3v) is 5.93. The summed E-state index contributed by atoms with van der Waals surface area (Å²) in [7, 11) is 0. The van der Waals surface area contributed by atoms with E-state index >= 15 is 0 Å². The molecule has 35 heavy (non-hydrogen) atoms. The van der Waals surface area contributed by atoms with Crippen LogP contribution >= 0.6 is 0 Å². The summed E-state index contributed by atoms with van der Waals surface area (Å²) in [6.07, 6.45) is 0.347. The standard InChI is InChI=1S/C26H32N6O3/c1-26(2,27)25(34)28-21(18-35-17-20-11-7-4-8-12-20)24-30-29-22-16-31(13-14-32(22)24)23(33)15-19-9-5-3-6-10-19/h3-12,21H,13-18,27H2,1-2H3,(H,28,34)/t21-/m1/s1. The lowest BCUT2D eigenvalue weighted by atomic mass is 10.1. The number of nitrogens with zero attached hydrogens (tertiary/aromatic N) is 4. The first-order valence-corrected chi connectivity index (χ1v) is 11.8. The van der Waals surface area contributed by atoms with Gasteiger partial charge in [0.15, 0.2) is 11.6 Å². The van der Waals surface area contributed by atoms with Crippen molar-refractivity contribution < 1.29 is 14.3 Å². The van der Waals surface area contributed by atoms with E-state index in [1.807, 2.05) is 65.2 Å². The number of ether oxygens (including phenoxy) is 1. The van der Waals surface area contributed by atoms with Crippen molar-refractivity contribution in [3.8, 4) is 0 Å². The van der Waals surface area contributed by atoms with E-state index in [0.29, 0.717) is 44.3 Å². The van der Waals surface area contributed by atoms with Gasteiger partial charge < -0.3 is 25.3 Å². The SMILES string of the molecule is CC(C)(N)C(=O)N[C@H](COCc1ccccc1)c1nnc2n1CCN(C(=O)Cc1ccccc1)C2. The van der Waals surface area contributed by atoms with Gasteiger partial charge in [0.2, 0.25) is 11.8 Å². The molecule has 0 saturated carbocycles. The van der Waals surface area contributed by atoms with Crippen LogP contribution in [0.5, 0.6) is 0 Å². The molecule has 0 saturated heterocycles. The predicted molar refractivity (Wildman–Crippen MR) is 131 cm³/mol. The first-order chi connectivity index (χ1) is 16.8. The van der Waals surface area contributed by atoms with Crippen molar-refractivity contribution in [3.63, 3.8) is 0 Å². The molecule has 1 aromatic heterocycles. The number of rotatable bonds is 9. The fourth-order valence-electron chi connectivity index (χ4n) is 3.93. The van der Waals surface area contributed by atoms with E-state index < -0.39 is 11.6 Å². The molecule has 3 N–H and O–H groups in total. The summed E-state index contributed by atoms with van der Waals surface area (Å²) in [5, 5.41) is 11.7. The Morgan fingerprint density at radius 2 is 1.69 bits per heavy atom. The second-order valence-electron chi connectivity index (χ2n) is 9.35. The highest BCUT2D eigenvalue weighted by molar-refractivity contribution is 5.85. The molecule has 0 unspecified atom stereocenters. The van der Waals surface area contributed by atoms with Crippen LogP contribution in [0.15, 0.2) is 60.7 Å². The van der Waals surface area contributed by atoms with Gasteiger partial charge in [-0.15, -0.1) is 10.2 Å². The number of nitrogens with two attached hydrogens (primary N) is 1. The zero-order chi connectivity index (χ0) is 24.8. The van der Waals surface area contributed by atoms with Gasteiger partial charge in [-0.05, 0) is 25.0 Å². The topological polar surface area (TPSA) is 115 Å². The molecule has 2 amide bonds. The Hall–Kier alpha value is -3.56. The lowest BCUT2D eigenvalue weighted by molar-refractivity contribution is -0.132. The van der Waals surface area contributed by atoms with Crippen LogP contribution < -0.4 is 11.1 Å². The monoisotopic (exact) mass is 476 g/mol. The minimum absolute atomic E-state index is 0.0490. The molecule has 0 aliphatic carbocycles. The number of hydrogen-bond acceptors (Lipinski definition) is 6. The Balaban J connectivity index is 1.46. The lowest BCUT2D eigenvalue weighted by Gasteiger charge is -2.30. The Morgan fingerprint density at radius 1 is 1.03 bits per heavy atom. The van der Waals surface area contributed by atoms with Crippen LogP contribution in [0, 0.1) is 0 Å². The molecular weight excluding hydrogens is 444 g/mol. The molecule has 2 heterocycles. The van der Waals surface area contributed by atoms with Gasteiger partial charge in [0.05, 0.1) is 31.7 Å². The summed E-state index contributed by atoms with van der Waals surface area (Å²) in [6, 6.07) is 19.0. The Bertz CT molecular complexity index is 1140. The highest BCUT2D eigenvalue weighted by atomic mass is 16.5. The van der Waals surface area contributed by atoms with Gasteiger partial charge in [0, 0.05) is 13.1 Å². The van der Waals surface area contributed by atoms with Crippen LogP contribution in [0.3, 0.4) is 0 Å². The van der Waals surface area contributed by atoms with Gasteiger partial charge in [-0.2, -0.15) is 0 Å². The van der Waals surface area contributed by atoms with Crippen LogP contribution in [0.4, 0.5) is 0 Å². The number of aromatic nitrogens is 3. The number of nitrogens with one attached hydrogen (secondary N) is 1. The average molecular weight is 477 g/mol. The van der Waals surface area contributed by atoms with Gasteiger partial charge >= 0.3 is 0 Å². The molecule has 184 valence electrons. The molecule has 1 aliphatic heterocycles. The molecule has 1 atom stereocenters. The fourth-order valence-corrected chi connectivity index (χ4v) is 3.93. The van der Waals surface area contributed by atoms with Gasteiger partial charge in [-0.1, -0.05) is 60.7 Å². The predicted octanol–water partition coefficient (Wildman–Crippen LogP) is 1.97. The Morgan fingerprint density at radius 3 is 2.34 bits per heavy atom. The molecule has 3 aromatic rings. The minimum Gasteiger partial charge on any atom is -0.374 e. The molecule has 0 fully saturated rings. The number of fused-ring (bicyclic) bond motifs is 1. The van der Waals surface area contributed by atoms with Crippen molar-refractivity contribution in [1.82, 2.24) is 25.0 Å². The van der Waals surface area contributed by atoms with Gasteiger partial charge in [0.25, 0.3) is 0 Å². The van der Waals surface area contributed by atoms with Crippen LogP contribution in [-0.4, -0.2) is 50.2 Å². The average Bonchev–Trinajstić information content (AvgIpc) is 3.27. The molecule has 1 aliphatic rings. The van der Waals surface area contributed by atoms with Crippen molar-refractivity contribution >= 4 is 11.8 Å². The maximum Gasteiger partial charge on any atom is 0.240 e. The fraction of sp³-hybridized carbons (Fsp3) is 0.385. The van der Waals surface area contributed by atoms with Crippen LogP contribution in [0.25, 0.3) is 0 Å². The summed E-state index contributed by atoms with van der Waals surface area (Å²) < 4.78 is 7.90. The summed E-state index contributed by atoms with van der Waals surface area (Å²) in [5.74, 6) is 1.02. The van der Waals surface area contributed by atoms with Crippen molar-refractivity contribution in [3.05, 3.63) is 83.4 Å². The molecule has 0 spiro atoms. The van der Waals surface area contributed by atoms with Gasteiger partial charge in [-0.3, -0.25) is 9.59 Å². The maximum absolute atomic E-state index is 12.8. The summed E-state index contributed by atoms with van der Waals surface area (Å²) >= 11 is 0. The van der Waals surface area contributed by atoms with E-state index in [9.17, 15) is 9.59 Å². The zero-order valence-electron chi connectivity index (χ0n) is 20.2. The molecule has 2 aromatic carbocycles. The molecule has 0 bridgehead atoms. The van der Waals surface area contributed by atoms with E-state index in [2.05, 4.69) is 15.5 Å². The second-order valence-corrected chi connectivity index (χ2v) is 9.35. The van der Waals surface area contributed by atoms with Gasteiger partial charge in [-0.25, -0.2) is 0 Å². The molecular formula is C26H32N6O3. The summed E-state index contributed by atoms with van der Waals surface area (Å²) in [5.41, 5.74) is 6.98. The number of carbonyl (C=O) groups is 2. The number of hydrogen-bond donors (Lipinski definition) is 2. The first-order valence-electron chi connectivity index (χ1n) is 11.8. The van der Waals surface area contributed by atoms with Crippen molar-refractivity contribution in [1.29, 1.82) is 0 Å². The van der Waals surface area contributed by atoms with E-state index in [-0.39, 0.29) is 18.4 Å². The maximum atomic E-state index is 12.8. The van der Waals surface area contributed by atoms with E-state index in [1.165, 1.54) is 0 Å². The van der Waals surface area contributed by atoms with Crippen molar-refractivity contribution in [2.45, 2.75) is 51.5 Å². The van der Waals surface area contributed by atoms with E-state index in [1.54, 1.807) is 18.7 Å². The Labute approximate surface area is 205 Å². The van der Waals surface area contributed by atoms with Crippen molar-refractivity contribution in [2.24, 2.45) is 5.73 Å². The highest BCUT2D eigenvalue weighted by Crippen LogP contribution is 2.20. The second kappa shape index (κ2) is 10.8. The normalized spacial score (nSPS) is 14.3. The number of amides is 2. The number of carbonyl (C=O) groups excluding carboxylic acids is 2. The molecule has 4 rings (SSSR count). The first kappa shape index (κ1) is 24.6. The van der Waals surface area contributed by atoms with Crippen LogP contribution in [0.1, 0.15) is 42.7 Å². The lowest BCUT2D eigenvalue weighted by Crippen LogP contribution is -2.51. The smallest absolute Gasteiger partial charge is 0.240 e. The highest BCUT2D eigenvalue weighted by Gasteiger charge is 2.31. The quantitative estimate of drug-likeness (QED) is 0.488. The molecule has 9 heteroatoms. The van der Waals surface area contributed by atoms with Crippen LogP contribution in [-0.2, 0) is 40.4 Å². The van der Waals surface area contributed by atoms with Crippen molar-refractivity contribution in [2.75, 3.05) is 13.2 Å². The largest absolute Gasteiger partial charge is 0.374 e. The number of benzene rings is 2. The third-order valence-electron chi connectivity index (χ3n) is 5.93. The third kappa shape index (κ3) is 6.32. The minimum atomic E-state index is -1.05. The zero-order valence-corrected chi connectivity index (χ0v) is 20.2. The van der Waals surface area contributed by atoms with E-state index in [0.717, 1.165) is 11.1 Å². The summed E-state index contributed by atoms with van der Waals surface area (Å²) in [4.78, 5) is 27.3. The van der Waals surface area contributed by atoms with Crippen LogP contribution in [0.2, 0.25) is 0 Å². The molecule has 0 radical (unpaired) electrons. The molecule has 9 nitrogen and oxygen atoms in total. The van der Waals surface area contributed by atoms with E-state index in [4.69, 9.17) is 10.5 Å².